The number of hydrazone groups is 1. The van der Waals surface area contributed by atoms with Crippen LogP contribution in [0.5, 0.6) is 0 Å². The van der Waals surface area contributed by atoms with Crippen molar-refractivity contribution in [1.29, 1.82) is 0 Å². The second-order valence-corrected chi connectivity index (χ2v) is 5.20. The van der Waals surface area contributed by atoms with Crippen LogP contribution in [0.4, 0.5) is 5.69 Å². The fourth-order valence-corrected chi connectivity index (χ4v) is 2.00. The van der Waals surface area contributed by atoms with Crippen LogP contribution >= 0.6 is 35.0 Å². The first kappa shape index (κ1) is 14.9. The number of anilines is 1. The van der Waals surface area contributed by atoms with Crippen LogP contribution < -0.4 is 16.9 Å². The number of nitrogens with one attached hydrogen (secondary N) is 1. The maximum absolute atomic E-state index is 11.6. The molecule has 0 spiro atoms. The van der Waals surface area contributed by atoms with Gasteiger partial charge in [0.05, 0.1) is 10.7 Å². The van der Waals surface area contributed by atoms with E-state index in [1.807, 2.05) is 0 Å². The number of benzene rings is 1. The van der Waals surface area contributed by atoms with Crippen molar-refractivity contribution < 1.29 is 4.79 Å². The Morgan fingerprint density at radius 1 is 1.44 bits per heavy atom. The molecule has 0 heterocycles. The van der Waals surface area contributed by atoms with Gasteiger partial charge >= 0.3 is 0 Å². The standard InChI is InChI=1S/C10H12Cl2N4OS/c11-6-1-2-7(12)8(5-6)15-9(17)3-4-18-10(13)16-14/h1-2,5H,3-4,14H2,(H2,13,16)(H,15,17). The molecule has 98 valence electrons. The molecule has 1 aromatic carbocycles. The molecule has 0 fully saturated rings. The molecular weight excluding hydrogens is 295 g/mol. The molecule has 0 aliphatic carbocycles. The third-order valence-corrected chi connectivity index (χ3v) is 3.28. The number of rotatable bonds is 4. The molecule has 0 bridgehead atoms. The van der Waals surface area contributed by atoms with Crippen molar-refractivity contribution in [2.24, 2.45) is 16.7 Å². The normalized spacial score (nSPS) is 11.3. The first-order valence-electron chi connectivity index (χ1n) is 4.94. The van der Waals surface area contributed by atoms with Crippen LogP contribution in [0.15, 0.2) is 23.3 Å². The van der Waals surface area contributed by atoms with Gasteiger partial charge in [-0.25, -0.2) is 0 Å². The minimum absolute atomic E-state index is 0.184. The molecule has 1 amide bonds. The number of carbonyl (C=O) groups is 1. The van der Waals surface area contributed by atoms with E-state index >= 15 is 0 Å². The average molecular weight is 307 g/mol. The van der Waals surface area contributed by atoms with Crippen molar-refractivity contribution in [2.75, 3.05) is 11.1 Å². The van der Waals surface area contributed by atoms with Crippen LogP contribution in [0, 0.1) is 0 Å². The minimum atomic E-state index is -0.184. The van der Waals surface area contributed by atoms with Crippen molar-refractivity contribution in [1.82, 2.24) is 0 Å². The van der Waals surface area contributed by atoms with Crippen LogP contribution in [0.3, 0.4) is 0 Å². The fourth-order valence-electron chi connectivity index (χ4n) is 1.09. The van der Waals surface area contributed by atoms with Gasteiger partial charge in [0.2, 0.25) is 5.91 Å². The van der Waals surface area contributed by atoms with Gasteiger partial charge in [-0.05, 0) is 18.2 Å². The zero-order valence-corrected chi connectivity index (χ0v) is 11.6. The predicted octanol–water partition coefficient (Wildman–Crippen LogP) is 2.24. The molecule has 8 heteroatoms. The van der Waals surface area contributed by atoms with Crippen LogP contribution in [0.25, 0.3) is 0 Å². The van der Waals surface area contributed by atoms with E-state index in [2.05, 4.69) is 10.4 Å². The molecule has 0 unspecified atom stereocenters. The molecule has 0 atom stereocenters. The lowest BCUT2D eigenvalue weighted by atomic mass is 10.3. The Balaban J connectivity index is 2.47. The molecule has 1 rings (SSSR count). The second-order valence-electron chi connectivity index (χ2n) is 3.24. The summed E-state index contributed by atoms with van der Waals surface area (Å²) in [5.41, 5.74) is 5.86. The Kier molecular flexibility index (Phi) is 6.11. The molecule has 0 aromatic heterocycles. The molecule has 18 heavy (non-hydrogen) atoms. The van der Waals surface area contributed by atoms with Gasteiger partial charge in [0.15, 0.2) is 5.17 Å². The number of hydrogen-bond acceptors (Lipinski definition) is 4. The Hall–Kier alpha value is -1.11. The minimum Gasteiger partial charge on any atom is -0.377 e. The monoisotopic (exact) mass is 306 g/mol. The van der Waals surface area contributed by atoms with Crippen molar-refractivity contribution in [3.05, 3.63) is 28.2 Å². The number of halogens is 2. The summed E-state index contributed by atoms with van der Waals surface area (Å²) in [7, 11) is 0. The zero-order valence-electron chi connectivity index (χ0n) is 9.32. The van der Waals surface area contributed by atoms with E-state index in [0.29, 0.717) is 21.5 Å². The SMILES string of the molecule is NN=C(N)SCCC(=O)Nc1cc(Cl)ccc1Cl. The number of thioether (sulfide) groups is 1. The number of nitrogens with two attached hydrogens (primary N) is 2. The van der Waals surface area contributed by atoms with Crippen LogP contribution in [-0.4, -0.2) is 16.8 Å². The number of carbonyl (C=O) groups excluding carboxylic acids is 1. The van der Waals surface area contributed by atoms with E-state index in [1.165, 1.54) is 11.8 Å². The van der Waals surface area contributed by atoms with Gasteiger partial charge in [-0.2, -0.15) is 5.10 Å². The highest BCUT2D eigenvalue weighted by Crippen LogP contribution is 2.25. The summed E-state index contributed by atoms with van der Waals surface area (Å²) in [6.07, 6.45) is 0.268. The molecule has 5 nitrogen and oxygen atoms in total. The van der Waals surface area contributed by atoms with E-state index in [-0.39, 0.29) is 17.5 Å². The highest BCUT2D eigenvalue weighted by Gasteiger charge is 2.07. The van der Waals surface area contributed by atoms with E-state index in [9.17, 15) is 4.79 Å². The summed E-state index contributed by atoms with van der Waals surface area (Å²) in [4.78, 5) is 11.6. The lowest BCUT2D eigenvalue weighted by Gasteiger charge is -2.07. The molecule has 0 radical (unpaired) electrons. The fraction of sp³-hybridized carbons (Fsp3) is 0.200. The van der Waals surface area contributed by atoms with E-state index in [1.54, 1.807) is 18.2 Å². The van der Waals surface area contributed by atoms with Crippen LogP contribution in [-0.2, 0) is 4.79 Å². The van der Waals surface area contributed by atoms with Crippen molar-refractivity contribution >= 4 is 51.7 Å². The summed E-state index contributed by atoms with van der Waals surface area (Å²) >= 11 is 12.9. The highest BCUT2D eigenvalue weighted by molar-refractivity contribution is 8.13. The smallest absolute Gasteiger partial charge is 0.225 e. The molecule has 0 saturated heterocycles. The van der Waals surface area contributed by atoms with Crippen molar-refractivity contribution in [3.8, 4) is 0 Å². The average Bonchev–Trinajstić information content (AvgIpc) is 2.33. The van der Waals surface area contributed by atoms with Crippen LogP contribution in [0.1, 0.15) is 6.42 Å². The second kappa shape index (κ2) is 7.35. The topological polar surface area (TPSA) is 93.5 Å². The number of nitrogens with zero attached hydrogens (tertiary/aromatic N) is 1. The molecule has 0 aliphatic heterocycles. The maximum Gasteiger partial charge on any atom is 0.225 e. The molecular formula is C10H12Cl2N4OS. The number of amidine groups is 1. The lowest BCUT2D eigenvalue weighted by molar-refractivity contribution is -0.115. The summed E-state index contributed by atoms with van der Waals surface area (Å²) in [5, 5.41) is 7.12. The Labute approximate surface area is 119 Å². The van der Waals surface area contributed by atoms with Gasteiger partial charge in [-0.15, -0.1) is 0 Å². The predicted molar refractivity (Wildman–Crippen MR) is 78.0 cm³/mol. The Morgan fingerprint density at radius 3 is 2.83 bits per heavy atom. The summed E-state index contributed by atoms with van der Waals surface area (Å²) in [6.45, 7) is 0. The summed E-state index contributed by atoms with van der Waals surface area (Å²) in [6, 6.07) is 4.85. The largest absolute Gasteiger partial charge is 0.377 e. The molecule has 0 saturated carbocycles. The van der Waals surface area contributed by atoms with Gasteiger partial charge in [-0.3, -0.25) is 4.79 Å². The molecule has 1 aromatic rings. The third kappa shape index (κ3) is 5.03. The first-order valence-corrected chi connectivity index (χ1v) is 6.68. The maximum atomic E-state index is 11.6. The van der Waals surface area contributed by atoms with Crippen molar-refractivity contribution in [3.63, 3.8) is 0 Å². The number of hydrogen-bond donors (Lipinski definition) is 3. The first-order chi connectivity index (χ1) is 8.52. The quantitative estimate of drug-likeness (QED) is 0.344. The Morgan fingerprint density at radius 2 is 2.17 bits per heavy atom. The van der Waals surface area contributed by atoms with Gasteiger partial charge in [0, 0.05) is 17.2 Å². The van der Waals surface area contributed by atoms with Crippen LogP contribution in [0.2, 0.25) is 10.0 Å². The van der Waals surface area contributed by atoms with Crippen molar-refractivity contribution in [2.45, 2.75) is 6.42 Å². The van der Waals surface area contributed by atoms with Gasteiger partial charge in [0.25, 0.3) is 0 Å². The van der Waals surface area contributed by atoms with E-state index in [4.69, 9.17) is 34.8 Å². The lowest BCUT2D eigenvalue weighted by Crippen LogP contribution is -2.15. The number of amides is 1. The van der Waals surface area contributed by atoms with Gasteiger partial charge in [-0.1, -0.05) is 35.0 Å². The summed E-state index contributed by atoms with van der Waals surface area (Å²) in [5.74, 6) is 5.26. The Bertz CT molecular complexity index is 467. The van der Waals surface area contributed by atoms with E-state index < -0.39 is 0 Å². The molecule has 5 N–H and O–H groups in total. The van der Waals surface area contributed by atoms with Gasteiger partial charge < -0.3 is 16.9 Å². The molecule has 0 aliphatic rings. The highest BCUT2D eigenvalue weighted by atomic mass is 35.5. The summed E-state index contributed by atoms with van der Waals surface area (Å²) < 4.78 is 0. The zero-order chi connectivity index (χ0) is 13.5. The van der Waals surface area contributed by atoms with Gasteiger partial charge in [0.1, 0.15) is 0 Å². The van der Waals surface area contributed by atoms with E-state index in [0.717, 1.165) is 0 Å². The third-order valence-electron chi connectivity index (χ3n) is 1.91.